The lowest BCUT2D eigenvalue weighted by Crippen LogP contribution is -2.34. The van der Waals surface area contributed by atoms with E-state index in [0.717, 1.165) is 56.2 Å². The first-order valence-electron chi connectivity index (χ1n) is 13.3. The minimum atomic E-state index is -0.738. The molecular weight excluding hydrogens is 548 g/mol. The van der Waals surface area contributed by atoms with Crippen molar-refractivity contribution in [2.75, 3.05) is 40.4 Å². The number of aliphatic hydroxyl groups is 1. The number of benzene rings is 2. The molecule has 0 radical (unpaired) electrons. The van der Waals surface area contributed by atoms with Crippen LogP contribution in [0.5, 0.6) is 11.5 Å². The molecule has 0 aromatic heterocycles. The van der Waals surface area contributed by atoms with Crippen molar-refractivity contribution in [2.45, 2.75) is 52.0 Å². The van der Waals surface area contributed by atoms with Crippen LogP contribution >= 0.6 is 15.9 Å². The van der Waals surface area contributed by atoms with Gasteiger partial charge in [-0.25, -0.2) is 0 Å². The highest BCUT2D eigenvalue weighted by molar-refractivity contribution is 9.10. The van der Waals surface area contributed by atoms with E-state index in [1.54, 1.807) is 55.5 Å². The minimum absolute atomic E-state index is 0.0818. The summed E-state index contributed by atoms with van der Waals surface area (Å²) in [5, 5.41) is 11.3. The Hall–Kier alpha value is -2.84. The number of Topliss-reactive ketones (excluding diaryl/α,β-unsaturated/α-hetero) is 1. The summed E-state index contributed by atoms with van der Waals surface area (Å²) in [4.78, 5) is 30.7. The molecule has 3 rings (SSSR count). The van der Waals surface area contributed by atoms with E-state index in [1.165, 1.54) is 0 Å². The average Bonchev–Trinajstić information content (AvgIpc) is 3.18. The highest BCUT2D eigenvalue weighted by atomic mass is 79.9. The molecule has 2 aromatic carbocycles. The summed E-state index contributed by atoms with van der Waals surface area (Å²) < 4.78 is 11.7. The van der Waals surface area contributed by atoms with Crippen LogP contribution in [0, 0.1) is 0 Å². The number of carbonyl (C=O) groups is 2. The molecule has 38 heavy (non-hydrogen) atoms. The van der Waals surface area contributed by atoms with Crippen LogP contribution < -0.4 is 9.47 Å². The number of likely N-dealkylation sites (tertiary alicyclic amines) is 1. The lowest BCUT2D eigenvalue weighted by atomic mass is 9.95. The van der Waals surface area contributed by atoms with Gasteiger partial charge >= 0.3 is 0 Å². The van der Waals surface area contributed by atoms with E-state index < -0.39 is 17.7 Å². The quantitative estimate of drug-likeness (QED) is 0.162. The van der Waals surface area contributed by atoms with Crippen LogP contribution in [0.3, 0.4) is 0 Å². The number of ether oxygens (including phenoxy) is 2. The molecular formula is C30H39BrN2O5. The molecule has 1 heterocycles. The number of nitrogens with zero attached hydrogens (tertiary/aromatic N) is 2. The molecule has 1 aliphatic rings. The maximum Gasteiger partial charge on any atom is 0.295 e. The number of rotatable bonds is 14. The zero-order chi connectivity index (χ0) is 27.7. The molecule has 1 saturated heterocycles. The van der Waals surface area contributed by atoms with E-state index >= 15 is 0 Å². The topological polar surface area (TPSA) is 79.3 Å². The second-order valence-corrected chi connectivity index (χ2v) is 10.4. The van der Waals surface area contributed by atoms with Crippen LogP contribution in [0.2, 0.25) is 0 Å². The summed E-state index contributed by atoms with van der Waals surface area (Å²) in [7, 11) is 3.10. The zero-order valence-corrected chi connectivity index (χ0v) is 24.4. The van der Waals surface area contributed by atoms with Gasteiger partial charge in [0.05, 0.1) is 25.8 Å². The minimum Gasteiger partial charge on any atom is -0.507 e. The van der Waals surface area contributed by atoms with Crippen molar-refractivity contribution >= 4 is 33.4 Å². The van der Waals surface area contributed by atoms with Gasteiger partial charge in [0, 0.05) is 16.6 Å². The van der Waals surface area contributed by atoms with E-state index in [1.807, 2.05) is 6.07 Å². The molecule has 206 valence electrons. The second-order valence-electron chi connectivity index (χ2n) is 9.52. The van der Waals surface area contributed by atoms with E-state index in [4.69, 9.17) is 9.47 Å². The maximum atomic E-state index is 13.4. The molecule has 0 saturated carbocycles. The first-order valence-corrected chi connectivity index (χ1v) is 14.1. The summed E-state index contributed by atoms with van der Waals surface area (Å²) in [5.74, 6) is -0.435. The smallest absolute Gasteiger partial charge is 0.295 e. The van der Waals surface area contributed by atoms with Crippen LogP contribution in [-0.2, 0) is 9.59 Å². The second kappa shape index (κ2) is 14.4. The molecule has 0 spiro atoms. The zero-order valence-electron chi connectivity index (χ0n) is 22.8. The lowest BCUT2D eigenvalue weighted by Gasteiger charge is -2.28. The SMILES string of the molecule is CCCCN(CCCC)CCCN1C(=O)C(=O)C(=C(O)c2ccc(Br)cc2)C1c1ccc(OC)c(OC)c1. The number of methoxy groups -OCH3 is 2. The van der Waals surface area contributed by atoms with Crippen LogP contribution in [0.15, 0.2) is 52.5 Å². The van der Waals surface area contributed by atoms with Crippen LogP contribution in [0.1, 0.15) is 63.1 Å². The maximum absolute atomic E-state index is 13.4. The fourth-order valence-corrected chi connectivity index (χ4v) is 5.07. The van der Waals surface area contributed by atoms with Gasteiger partial charge in [-0.2, -0.15) is 0 Å². The number of hydrogen-bond acceptors (Lipinski definition) is 6. The standard InChI is InChI=1S/C30H39BrN2O5/c1-5-7-16-32(17-8-6-2)18-9-19-33-27(22-12-15-24(37-3)25(20-22)38-4)26(29(35)30(33)36)28(34)21-10-13-23(31)14-11-21/h10-15,20,27,34H,5-9,16-19H2,1-4H3. The van der Waals surface area contributed by atoms with Crippen LogP contribution in [0.4, 0.5) is 0 Å². The Morgan fingerprint density at radius 3 is 2.11 bits per heavy atom. The first kappa shape index (κ1) is 29.7. The van der Waals surface area contributed by atoms with Crippen molar-refractivity contribution in [2.24, 2.45) is 0 Å². The predicted molar refractivity (Wildman–Crippen MR) is 154 cm³/mol. The van der Waals surface area contributed by atoms with Crippen molar-refractivity contribution in [3.05, 3.63) is 63.6 Å². The average molecular weight is 588 g/mol. The van der Waals surface area contributed by atoms with E-state index in [9.17, 15) is 14.7 Å². The van der Waals surface area contributed by atoms with E-state index in [0.29, 0.717) is 29.2 Å². The summed E-state index contributed by atoms with van der Waals surface area (Å²) in [5.41, 5.74) is 1.23. The highest BCUT2D eigenvalue weighted by Gasteiger charge is 2.46. The van der Waals surface area contributed by atoms with Gasteiger partial charge in [-0.05, 0) is 68.7 Å². The third-order valence-corrected chi connectivity index (χ3v) is 7.44. The molecule has 1 amide bonds. The molecule has 1 fully saturated rings. The predicted octanol–water partition coefficient (Wildman–Crippen LogP) is 6.18. The molecule has 7 nitrogen and oxygen atoms in total. The van der Waals surface area contributed by atoms with Crippen molar-refractivity contribution in [1.29, 1.82) is 0 Å². The van der Waals surface area contributed by atoms with Gasteiger partial charge in [0.2, 0.25) is 0 Å². The Kier molecular flexibility index (Phi) is 11.2. The number of ketones is 1. The summed E-state index contributed by atoms with van der Waals surface area (Å²) in [6.07, 6.45) is 5.25. The van der Waals surface area contributed by atoms with Crippen LogP contribution in [-0.4, -0.2) is 67.0 Å². The molecule has 2 aromatic rings. The number of carbonyl (C=O) groups excluding carboxylic acids is 2. The van der Waals surface area contributed by atoms with Gasteiger partial charge < -0.3 is 24.4 Å². The van der Waals surface area contributed by atoms with Crippen LogP contribution in [0.25, 0.3) is 5.76 Å². The fourth-order valence-electron chi connectivity index (χ4n) is 4.81. The number of halogens is 1. The van der Waals surface area contributed by atoms with Gasteiger partial charge in [-0.3, -0.25) is 9.59 Å². The molecule has 1 unspecified atom stereocenters. The van der Waals surface area contributed by atoms with Gasteiger partial charge in [-0.15, -0.1) is 0 Å². The van der Waals surface area contributed by atoms with Crippen molar-refractivity contribution in [3.8, 4) is 11.5 Å². The normalized spacial score (nSPS) is 16.9. The summed E-state index contributed by atoms with van der Waals surface area (Å²) in [6, 6.07) is 11.6. The first-order chi connectivity index (χ1) is 18.4. The molecule has 8 heteroatoms. The largest absolute Gasteiger partial charge is 0.507 e. The molecule has 0 bridgehead atoms. The highest BCUT2D eigenvalue weighted by Crippen LogP contribution is 2.42. The number of unbranched alkanes of at least 4 members (excludes halogenated alkanes) is 2. The third-order valence-electron chi connectivity index (χ3n) is 6.91. The Morgan fingerprint density at radius 2 is 1.53 bits per heavy atom. The molecule has 1 N–H and O–H groups in total. The van der Waals surface area contributed by atoms with Gasteiger partial charge in [0.15, 0.2) is 11.5 Å². The number of aliphatic hydroxyl groups excluding tert-OH is 1. The third kappa shape index (κ3) is 6.97. The van der Waals surface area contributed by atoms with Gasteiger partial charge in [-0.1, -0.05) is 60.8 Å². The Labute approximate surface area is 234 Å². The molecule has 1 atom stereocenters. The number of hydrogen-bond donors (Lipinski definition) is 1. The van der Waals surface area contributed by atoms with Crippen molar-refractivity contribution in [3.63, 3.8) is 0 Å². The number of amides is 1. The van der Waals surface area contributed by atoms with Crippen molar-refractivity contribution in [1.82, 2.24) is 9.80 Å². The van der Waals surface area contributed by atoms with E-state index in [-0.39, 0.29) is 11.3 Å². The summed E-state index contributed by atoms with van der Waals surface area (Å²) in [6.45, 7) is 7.66. The van der Waals surface area contributed by atoms with Gasteiger partial charge in [0.1, 0.15) is 5.76 Å². The molecule has 0 aliphatic carbocycles. The summed E-state index contributed by atoms with van der Waals surface area (Å²) >= 11 is 3.40. The Morgan fingerprint density at radius 1 is 0.921 bits per heavy atom. The monoisotopic (exact) mass is 586 g/mol. The lowest BCUT2D eigenvalue weighted by molar-refractivity contribution is -0.140. The Bertz CT molecular complexity index is 1120. The Balaban J connectivity index is 1.98. The fraction of sp³-hybridized carbons (Fsp3) is 0.467. The van der Waals surface area contributed by atoms with E-state index in [2.05, 4.69) is 34.7 Å². The van der Waals surface area contributed by atoms with Crippen molar-refractivity contribution < 1.29 is 24.2 Å². The van der Waals surface area contributed by atoms with Gasteiger partial charge in [0.25, 0.3) is 11.7 Å². The molecule has 1 aliphatic heterocycles.